The van der Waals surface area contributed by atoms with E-state index in [-0.39, 0.29) is 5.97 Å². The number of carbonyl (C=O) groups is 1. The van der Waals surface area contributed by atoms with Crippen LogP contribution in [0, 0.1) is 29.1 Å². The lowest BCUT2D eigenvalue weighted by Gasteiger charge is -2.38. The van der Waals surface area contributed by atoms with Gasteiger partial charge in [0.2, 0.25) is 0 Å². The maximum atomic E-state index is 12.5. The molecule has 0 aromatic heterocycles. The number of carbonyl (C=O) groups excluding carboxylic acids is 1. The standard InChI is InChI=1S/C30H37NO2/c1-2-3-4-22-5-9-24(10-6-22)25-11-13-26(14-12-25)27-15-17-28(18-16-27)30(32)33-29-19-7-23(21-31)8-20-29/h7-8,15-20,22,24-26H,2-6,9-14H2,1H3/t22-,24-,25-,26-. The van der Waals surface area contributed by atoms with Crippen LogP contribution in [0.15, 0.2) is 48.5 Å². The average Bonchev–Trinajstić information content (AvgIpc) is 2.88. The first-order chi connectivity index (χ1) is 16.2. The van der Waals surface area contributed by atoms with E-state index in [1.54, 1.807) is 24.3 Å². The average molecular weight is 444 g/mol. The highest BCUT2D eigenvalue weighted by atomic mass is 16.5. The van der Waals surface area contributed by atoms with E-state index in [9.17, 15) is 4.79 Å². The Morgan fingerprint density at radius 1 is 0.879 bits per heavy atom. The van der Waals surface area contributed by atoms with Crippen LogP contribution in [0.5, 0.6) is 5.75 Å². The zero-order valence-corrected chi connectivity index (χ0v) is 20.0. The minimum absolute atomic E-state index is 0.357. The molecule has 0 atom stereocenters. The highest BCUT2D eigenvalue weighted by Crippen LogP contribution is 2.44. The van der Waals surface area contributed by atoms with Crippen LogP contribution in [0.1, 0.15) is 105 Å². The molecule has 3 heteroatoms. The Bertz CT molecular complexity index is 925. The number of ether oxygens (including phenoxy) is 1. The van der Waals surface area contributed by atoms with Gasteiger partial charge in [-0.05, 0) is 104 Å². The van der Waals surface area contributed by atoms with Crippen LogP contribution in [-0.4, -0.2) is 5.97 Å². The summed E-state index contributed by atoms with van der Waals surface area (Å²) in [5.74, 6) is 3.61. The molecule has 0 heterocycles. The zero-order valence-electron chi connectivity index (χ0n) is 20.0. The predicted molar refractivity (Wildman–Crippen MR) is 132 cm³/mol. The van der Waals surface area contributed by atoms with Gasteiger partial charge in [0.05, 0.1) is 17.2 Å². The van der Waals surface area contributed by atoms with Gasteiger partial charge in [0.1, 0.15) is 5.75 Å². The Hall–Kier alpha value is -2.60. The summed E-state index contributed by atoms with van der Waals surface area (Å²) in [6, 6.07) is 16.7. The number of esters is 1. The lowest BCUT2D eigenvalue weighted by Crippen LogP contribution is -2.25. The van der Waals surface area contributed by atoms with Gasteiger partial charge >= 0.3 is 5.97 Å². The molecular formula is C30H37NO2. The first-order valence-corrected chi connectivity index (χ1v) is 13.0. The lowest BCUT2D eigenvalue weighted by atomic mass is 9.68. The van der Waals surface area contributed by atoms with Crippen molar-refractivity contribution in [3.8, 4) is 11.8 Å². The Balaban J connectivity index is 1.24. The second-order valence-corrected chi connectivity index (χ2v) is 10.2. The molecule has 0 N–H and O–H groups in total. The highest BCUT2D eigenvalue weighted by Gasteiger charge is 2.31. The van der Waals surface area contributed by atoms with E-state index in [0.717, 1.165) is 17.8 Å². The molecule has 2 aliphatic rings. The Labute approximate surface area is 199 Å². The van der Waals surface area contributed by atoms with E-state index in [1.807, 2.05) is 12.1 Å². The molecule has 2 aromatic carbocycles. The molecule has 0 unspecified atom stereocenters. The second-order valence-electron chi connectivity index (χ2n) is 10.2. The maximum absolute atomic E-state index is 12.5. The first kappa shape index (κ1) is 23.6. The predicted octanol–water partition coefficient (Wildman–Crippen LogP) is 8.05. The van der Waals surface area contributed by atoms with Crippen molar-refractivity contribution in [1.82, 2.24) is 0 Å². The van der Waals surface area contributed by atoms with Crippen molar-refractivity contribution in [2.75, 3.05) is 0 Å². The number of nitrogens with zero attached hydrogens (tertiary/aromatic N) is 1. The van der Waals surface area contributed by atoms with Gasteiger partial charge in [-0.1, -0.05) is 51.2 Å². The van der Waals surface area contributed by atoms with E-state index >= 15 is 0 Å². The molecule has 3 nitrogen and oxygen atoms in total. The Kier molecular flexibility index (Phi) is 8.21. The summed E-state index contributed by atoms with van der Waals surface area (Å²) in [6.45, 7) is 2.31. The SMILES string of the molecule is CCCC[C@H]1CC[C@H]([C@H]2CC[C@H](c3ccc(C(=O)Oc4ccc(C#N)cc4)cc3)CC2)CC1. The smallest absolute Gasteiger partial charge is 0.343 e. The zero-order chi connectivity index (χ0) is 23.0. The fraction of sp³-hybridized carbons (Fsp3) is 0.533. The molecule has 0 bridgehead atoms. The van der Waals surface area contributed by atoms with Gasteiger partial charge in [-0.2, -0.15) is 5.26 Å². The van der Waals surface area contributed by atoms with Crippen molar-refractivity contribution in [2.24, 2.45) is 17.8 Å². The molecule has 0 saturated heterocycles. The summed E-state index contributed by atoms with van der Waals surface area (Å²) in [5, 5.41) is 8.88. The Morgan fingerprint density at radius 2 is 1.48 bits per heavy atom. The van der Waals surface area contributed by atoms with Crippen LogP contribution in [0.2, 0.25) is 0 Å². The van der Waals surface area contributed by atoms with Gasteiger partial charge in [-0.15, -0.1) is 0 Å². The van der Waals surface area contributed by atoms with Crippen LogP contribution in [-0.2, 0) is 0 Å². The van der Waals surface area contributed by atoms with Crippen LogP contribution >= 0.6 is 0 Å². The largest absolute Gasteiger partial charge is 0.423 e. The molecular weight excluding hydrogens is 406 g/mol. The van der Waals surface area contributed by atoms with Gasteiger partial charge in [0.15, 0.2) is 0 Å². The first-order valence-electron chi connectivity index (χ1n) is 13.0. The molecule has 0 radical (unpaired) electrons. The van der Waals surface area contributed by atoms with Gasteiger partial charge in [-0.3, -0.25) is 0 Å². The molecule has 0 amide bonds. The van der Waals surface area contributed by atoms with Gasteiger partial charge in [-0.25, -0.2) is 4.79 Å². The summed E-state index contributed by atoms with van der Waals surface area (Å²) in [4.78, 5) is 12.5. The van der Waals surface area contributed by atoms with Crippen molar-refractivity contribution in [2.45, 2.75) is 83.5 Å². The maximum Gasteiger partial charge on any atom is 0.343 e. The number of benzene rings is 2. The molecule has 2 fully saturated rings. The summed E-state index contributed by atoms with van der Waals surface area (Å²) in [7, 11) is 0. The number of nitriles is 1. The van der Waals surface area contributed by atoms with Crippen LogP contribution < -0.4 is 4.74 Å². The van der Waals surface area contributed by atoms with Crippen molar-refractivity contribution in [3.05, 3.63) is 65.2 Å². The normalized spacial score (nSPS) is 25.2. The minimum Gasteiger partial charge on any atom is -0.423 e. The summed E-state index contributed by atoms with van der Waals surface area (Å²) >= 11 is 0. The molecule has 2 aromatic rings. The number of rotatable bonds is 7. The second kappa shape index (κ2) is 11.5. The van der Waals surface area contributed by atoms with Crippen LogP contribution in [0.3, 0.4) is 0 Å². The minimum atomic E-state index is -0.357. The lowest BCUT2D eigenvalue weighted by molar-refractivity contribution is 0.0734. The molecule has 0 spiro atoms. The van der Waals surface area contributed by atoms with Crippen molar-refractivity contribution in [1.29, 1.82) is 5.26 Å². The van der Waals surface area contributed by atoms with E-state index in [1.165, 1.54) is 76.2 Å². The summed E-state index contributed by atoms with van der Waals surface area (Å²) in [6.07, 6.45) is 15.3. The van der Waals surface area contributed by atoms with E-state index in [0.29, 0.717) is 22.8 Å². The summed E-state index contributed by atoms with van der Waals surface area (Å²) < 4.78 is 5.45. The van der Waals surface area contributed by atoms with Gasteiger partial charge < -0.3 is 4.74 Å². The van der Waals surface area contributed by atoms with Gasteiger partial charge in [0, 0.05) is 0 Å². The van der Waals surface area contributed by atoms with Gasteiger partial charge in [0.25, 0.3) is 0 Å². The quantitative estimate of drug-likeness (QED) is 0.321. The third-order valence-corrected chi connectivity index (χ3v) is 8.11. The molecule has 2 saturated carbocycles. The highest BCUT2D eigenvalue weighted by molar-refractivity contribution is 5.91. The fourth-order valence-electron chi connectivity index (χ4n) is 6.02. The Morgan fingerprint density at radius 3 is 2.06 bits per heavy atom. The third kappa shape index (κ3) is 6.26. The summed E-state index contributed by atoms with van der Waals surface area (Å²) in [5.41, 5.74) is 2.47. The monoisotopic (exact) mass is 443 g/mol. The van der Waals surface area contributed by atoms with E-state index in [2.05, 4.69) is 25.1 Å². The van der Waals surface area contributed by atoms with Crippen molar-refractivity contribution in [3.63, 3.8) is 0 Å². The number of hydrogen-bond acceptors (Lipinski definition) is 3. The molecule has 0 aliphatic heterocycles. The third-order valence-electron chi connectivity index (χ3n) is 8.11. The van der Waals surface area contributed by atoms with Crippen molar-refractivity contribution >= 4 is 5.97 Å². The topological polar surface area (TPSA) is 50.1 Å². The van der Waals surface area contributed by atoms with Crippen LogP contribution in [0.4, 0.5) is 0 Å². The molecule has 33 heavy (non-hydrogen) atoms. The number of unbranched alkanes of at least 4 members (excludes halogenated alkanes) is 1. The molecule has 4 rings (SSSR count). The fourth-order valence-corrected chi connectivity index (χ4v) is 6.02. The number of hydrogen-bond donors (Lipinski definition) is 0. The molecule has 174 valence electrons. The van der Waals surface area contributed by atoms with E-state index < -0.39 is 0 Å². The van der Waals surface area contributed by atoms with E-state index in [4.69, 9.17) is 10.00 Å². The molecule has 2 aliphatic carbocycles. The van der Waals surface area contributed by atoms with Crippen molar-refractivity contribution < 1.29 is 9.53 Å². The van der Waals surface area contributed by atoms with Crippen LogP contribution in [0.25, 0.3) is 0 Å².